The lowest BCUT2D eigenvalue weighted by Gasteiger charge is -2.24. The van der Waals surface area contributed by atoms with E-state index in [-0.39, 0.29) is 0 Å². The number of H-pyrrole nitrogens is 1. The fourth-order valence-corrected chi connectivity index (χ4v) is 4.08. The molecule has 1 atom stereocenters. The highest BCUT2D eigenvalue weighted by molar-refractivity contribution is 7.10. The molecule has 3 aromatic rings. The van der Waals surface area contributed by atoms with Gasteiger partial charge in [0.25, 0.3) is 0 Å². The number of nitrogens with zero attached hydrogens (tertiary/aromatic N) is 1. The van der Waals surface area contributed by atoms with Crippen LogP contribution in [0.3, 0.4) is 0 Å². The Labute approximate surface area is 213 Å². The predicted molar refractivity (Wildman–Crippen MR) is 150 cm³/mol. The molecule has 0 aromatic carbocycles. The molecule has 3 nitrogen and oxygen atoms in total. The van der Waals surface area contributed by atoms with E-state index < -0.39 is 0 Å². The van der Waals surface area contributed by atoms with Crippen LogP contribution in [0.2, 0.25) is 0 Å². The van der Waals surface area contributed by atoms with Crippen LogP contribution in [0.1, 0.15) is 102 Å². The molecule has 1 unspecified atom stereocenters. The summed E-state index contributed by atoms with van der Waals surface area (Å²) in [5.74, 6) is 3.52. The Balaban J connectivity index is 0.000000227. The molecule has 1 fully saturated rings. The zero-order valence-electron chi connectivity index (χ0n) is 22.8. The molecule has 0 saturated carbocycles. The monoisotopic (exact) mass is 484 g/mol. The first-order valence-electron chi connectivity index (χ1n) is 12.9. The molecule has 0 amide bonds. The zero-order valence-corrected chi connectivity index (χ0v) is 23.6. The van der Waals surface area contributed by atoms with Gasteiger partial charge in [0.05, 0.1) is 0 Å². The van der Waals surface area contributed by atoms with E-state index in [0.29, 0.717) is 17.8 Å². The number of pyridine rings is 1. The van der Waals surface area contributed by atoms with Gasteiger partial charge in [0.15, 0.2) is 0 Å². The van der Waals surface area contributed by atoms with Crippen LogP contribution in [0.4, 0.5) is 0 Å². The van der Waals surface area contributed by atoms with Crippen molar-refractivity contribution in [1.82, 2.24) is 9.97 Å². The van der Waals surface area contributed by atoms with E-state index in [1.54, 1.807) is 0 Å². The maximum absolute atomic E-state index is 5.34. The maximum Gasteiger partial charge on any atom is 0.0496 e. The first kappa shape index (κ1) is 30.1. The molecule has 4 heteroatoms. The summed E-state index contributed by atoms with van der Waals surface area (Å²) in [5, 5.41) is 2.12. The summed E-state index contributed by atoms with van der Waals surface area (Å²) >= 11 is 1.83. The third-order valence-corrected chi connectivity index (χ3v) is 6.95. The predicted octanol–water partition coefficient (Wildman–Crippen LogP) is 9.28. The van der Waals surface area contributed by atoms with Crippen molar-refractivity contribution in [2.24, 2.45) is 11.8 Å². The molecule has 190 valence electrons. The molecule has 4 rings (SSSR count). The minimum Gasteiger partial charge on any atom is -0.381 e. The van der Waals surface area contributed by atoms with Gasteiger partial charge in [-0.2, -0.15) is 0 Å². The second-order valence-electron chi connectivity index (χ2n) is 10.1. The molecule has 1 N–H and O–H groups in total. The lowest BCUT2D eigenvalue weighted by molar-refractivity contribution is 0.0373. The molecular weight excluding hydrogens is 436 g/mol. The second-order valence-corrected chi connectivity index (χ2v) is 11.1. The van der Waals surface area contributed by atoms with E-state index in [1.807, 2.05) is 48.0 Å². The van der Waals surface area contributed by atoms with Gasteiger partial charge in [-0.05, 0) is 78.1 Å². The smallest absolute Gasteiger partial charge is 0.0496 e. The van der Waals surface area contributed by atoms with Crippen molar-refractivity contribution in [3.8, 4) is 0 Å². The maximum atomic E-state index is 5.34. The standard InChI is InChI=1S/C8H11N.C8H16O.C7H11N.C7H10S/c1-7(2)8-5-3-4-6-9-8;1-7(2)8-4-3-5-9-6-8;2*1-6(2)7-4-3-5-8-7/h3-7H,1-2H3;7-8H,3-6H2,1-2H3;3-6,8H,1-2H3;3-6H,1-2H3. The van der Waals surface area contributed by atoms with Crippen LogP contribution in [0.25, 0.3) is 0 Å². The number of nitrogens with one attached hydrogen (secondary N) is 1. The fraction of sp³-hybridized carbons (Fsp3) is 0.567. The van der Waals surface area contributed by atoms with Crippen LogP contribution >= 0.6 is 11.3 Å². The highest BCUT2D eigenvalue weighted by Gasteiger charge is 2.16. The minimum absolute atomic E-state index is 0.547. The molecule has 0 spiro atoms. The quantitative estimate of drug-likeness (QED) is 0.400. The average molecular weight is 485 g/mol. The van der Waals surface area contributed by atoms with Crippen molar-refractivity contribution in [1.29, 1.82) is 0 Å². The molecule has 4 heterocycles. The third-order valence-electron chi connectivity index (χ3n) is 5.77. The largest absolute Gasteiger partial charge is 0.381 e. The van der Waals surface area contributed by atoms with Crippen molar-refractivity contribution in [3.63, 3.8) is 0 Å². The fourth-order valence-electron chi connectivity index (χ4n) is 3.33. The number of thiophene rings is 1. The molecule has 1 saturated heterocycles. The van der Waals surface area contributed by atoms with Gasteiger partial charge in [0, 0.05) is 41.9 Å². The topological polar surface area (TPSA) is 37.9 Å². The summed E-state index contributed by atoms with van der Waals surface area (Å²) in [6.45, 7) is 19.6. The number of ether oxygens (including phenoxy) is 1. The first-order valence-corrected chi connectivity index (χ1v) is 13.8. The van der Waals surface area contributed by atoms with Crippen LogP contribution in [0.5, 0.6) is 0 Å². The van der Waals surface area contributed by atoms with E-state index in [9.17, 15) is 0 Å². The molecule has 34 heavy (non-hydrogen) atoms. The SMILES string of the molecule is CC(C)C1CCCOC1.CC(C)c1ccc[nH]1.CC(C)c1ccccn1.CC(C)c1cccs1. The molecule has 0 radical (unpaired) electrons. The van der Waals surface area contributed by atoms with Crippen LogP contribution in [-0.2, 0) is 4.74 Å². The summed E-state index contributed by atoms with van der Waals surface area (Å²) in [5.41, 5.74) is 2.47. The lowest BCUT2D eigenvalue weighted by Crippen LogP contribution is -2.21. The second kappa shape index (κ2) is 17.5. The summed E-state index contributed by atoms with van der Waals surface area (Å²) in [6, 6.07) is 14.4. The molecule has 0 bridgehead atoms. The summed E-state index contributed by atoms with van der Waals surface area (Å²) in [7, 11) is 0. The molecule has 1 aliphatic rings. The van der Waals surface area contributed by atoms with Crippen molar-refractivity contribution < 1.29 is 4.74 Å². The third kappa shape index (κ3) is 13.1. The zero-order chi connectivity index (χ0) is 25.3. The average Bonchev–Trinajstić information content (AvgIpc) is 3.56. The summed E-state index contributed by atoms with van der Waals surface area (Å²) < 4.78 is 5.34. The van der Waals surface area contributed by atoms with Gasteiger partial charge in [-0.1, -0.05) is 67.5 Å². The van der Waals surface area contributed by atoms with Gasteiger partial charge in [0.2, 0.25) is 0 Å². The summed E-state index contributed by atoms with van der Waals surface area (Å²) in [4.78, 5) is 8.79. The summed E-state index contributed by atoms with van der Waals surface area (Å²) in [6.07, 6.45) is 6.42. The van der Waals surface area contributed by atoms with Gasteiger partial charge in [-0.25, -0.2) is 0 Å². The van der Waals surface area contributed by atoms with Gasteiger partial charge in [-0.15, -0.1) is 11.3 Å². The highest BCUT2D eigenvalue weighted by atomic mass is 32.1. The van der Waals surface area contributed by atoms with Crippen molar-refractivity contribution in [3.05, 3.63) is 76.5 Å². The number of aromatic nitrogens is 2. The van der Waals surface area contributed by atoms with Crippen LogP contribution < -0.4 is 0 Å². The van der Waals surface area contributed by atoms with Crippen LogP contribution in [0, 0.1) is 11.8 Å². The Morgan fingerprint density at radius 1 is 0.882 bits per heavy atom. The molecule has 0 aliphatic carbocycles. The molecule has 1 aliphatic heterocycles. The minimum atomic E-state index is 0.547. The van der Waals surface area contributed by atoms with Crippen LogP contribution in [0.15, 0.2) is 60.2 Å². The van der Waals surface area contributed by atoms with Gasteiger partial charge in [0.1, 0.15) is 0 Å². The number of hydrogen-bond donors (Lipinski definition) is 1. The van der Waals surface area contributed by atoms with Crippen LogP contribution in [-0.4, -0.2) is 23.2 Å². The van der Waals surface area contributed by atoms with Gasteiger partial charge in [-0.3, -0.25) is 4.98 Å². The van der Waals surface area contributed by atoms with Crippen molar-refractivity contribution in [2.75, 3.05) is 13.2 Å². The van der Waals surface area contributed by atoms with Crippen molar-refractivity contribution >= 4 is 11.3 Å². The van der Waals surface area contributed by atoms with E-state index in [2.05, 4.69) is 88.9 Å². The normalized spacial score (nSPS) is 15.2. The number of rotatable bonds is 4. The lowest BCUT2D eigenvalue weighted by atomic mass is 9.91. The molecular formula is C30H48N2OS. The van der Waals surface area contributed by atoms with E-state index >= 15 is 0 Å². The highest BCUT2D eigenvalue weighted by Crippen LogP contribution is 2.21. The number of hydrogen-bond acceptors (Lipinski definition) is 3. The Morgan fingerprint density at radius 3 is 1.94 bits per heavy atom. The van der Waals surface area contributed by atoms with Gasteiger partial charge < -0.3 is 9.72 Å². The van der Waals surface area contributed by atoms with Crippen molar-refractivity contribution in [2.45, 2.75) is 86.0 Å². The van der Waals surface area contributed by atoms with Gasteiger partial charge >= 0.3 is 0 Å². The van der Waals surface area contributed by atoms with E-state index in [4.69, 9.17) is 4.74 Å². The Hall–Kier alpha value is -1.91. The Bertz CT molecular complexity index is 765. The molecule has 3 aromatic heterocycles. The van der Waals surface area contributed by atoms with E-state index in [1.165, 1.54) is 23.4 Å². The Morgan fingerprint density at radius 2 is 1.65 bits per heavy atom. The van der Waals surface area contributed by atoms with E-state index in [0.717, 1.165) is 30.7 Å². The number of aromatic amines is 1. The Kier molecular flexibility index (Phi) is 15.5. The first-order chi connectivity index (χ1) is 16.2.